The number of benzene rings is 2. The Kier molecular flexibility index (Phi) is 8.89. The van der Waals surface area contributed by atoms with Gasteiger partial charge in [0.1, 0.15) is 0 Å². The number of carbonyl (C=O) groups is 2. The highest BCUT2D eigenvalue weighted by Crippen LogP contribution is 2.35. The largest absolute Gasteiger partial charge is 0.417 e. The van der Waals surface area contributed by atoms with E-state index in [1.54, 1.807) is 24.3 Å². The molecule has 0 saturated carbocycles. The van der Waals surface area contributed by atoms with Crippen LogP contribution in [0.2, 0.25) is 0 Å². The van der Waals surface area contributed by atoms with Crippen molar-refractivity contribution in [3.05, 3.63) is 65.2 Å². The monoisotopic (exact) mass is 502 g/mol. The lowest BCUT2D eigenvalue weighted by Crippen LogP contribution is -2.49. The highest BCUT2D eigenvalue weighted by Gasteiger charge is 2.37. The number of carbonyl (C=O) groups excluding carboxylic acids is 2. The summed E-state index contributed by atoms with van der Waals surface area (Å²) in [7, 11) is 5.27. The number of anilines is 1. The van der Waals surface area contributed by atoms with Crippen molar-refractivity contribution in [1.82, 2.24) is 10.2 Å². The summed E-state index contributed by atoms with van der Waals surface area (Å²) in [5.41, 5.74) is -0.188. The third kappa shape index (κ3) is 6.32. The summed E-state index contributed by atoms with van der Waals surface area (Å²) in [6, 6.07) is 11.8. The molecule has 2 atom stereocenters. The van der Waals surface area contributed by atoms with Gasteiger partial charge in [0.15, 0.2) is 0 Å². The molecule has 2 amide bonds. The minimum atomic E-state index is -4.62. The Morgan fingerprint density at radius 1 is 1.08 bits per heavy atom. The zero-order chi connectivity index (χ0) is 26.5. The Morgan fingerprint density at radius 2 is 1.72 bits per heavy atom. The molecule has 2 aromatic carbocycles. The van der Waals surface area contributed by atoms with Crippen molar-refractivity contribution < 1.29 is 22.8 Å². The first-order valence-electron chi connectivity index (χ1n) is 12.1. The molecular weight excluding hydrogens is 469 g/mol. The van der Waals surface area contributed by atoms with Gasteiger partial charge in [-0.05, 0) is 32.6 Å². The molecule has 0 saturated heterocycles. The van der Waals surface area contributed by atoms with Gasteiger partial charge in [0.05, 0.1) is 22.9 Å². The molecule has 0 spiro atoms. The van der Waals surface area contributed by atoms with Gasteiger partial charge in [-0.3, -0.25) is 9.59 Å². The number of aliphatic imine (C=N–C) groups is 1. The summed E-state index contributed by atoms with van der Waals surface area (Å²) in [5, 5.41) is 2.74. The SMILES string of the molecule is CCCCCC(CN(C)C)C(=O)NC1N=C(c2ccccc2C(F)(F)F)c2ccccc2N(C)C1=O. The summed E-state index contributed by atoms with van der Waals surface area (Å²) in [4.78, 5) is 34.4. The number of rotatable bonds is 9. The van der Waals surface area contributed by atoms with E-state index in [2.05, 4.69) is 17.2 Å². The van der Waals surface area contributed by atoms with Crippen LogP contribution in [0, 0.1) is 5.92 Å². The van der Waals surface area contributed by atoms with Gasteiger partial charge < -0.3 is 15.1 Å². The predicted molar refractivity (Wildman–Crippen MR) is 135 cm³/mol. The van der Waals surface area contributed by atoms with Gasteiger partial charge in [-0.2, -0.15) is 13.2 Å². The van der Waals surface area contributed by atoms with Crippen LogP contribution >= 0.6 is 0 Å². The number of nitrogens with one attached hydrogen (secondary N) is 1. The number of para-hydroxylation sites is 1. The smallest absolute Gasteiger partial charge is 0.326 e. The molecule has 1 heterocycles. The first-order valence-corrected chi connectivity index (χ1v) is 12.1. The molecule has 0 radical (unpaired) electrons. The molecule has 36 heavy (non-hydrogen) atoms. The number of fused-ring (bicyclic) bond motifs is 1. The summed E-state index contributed by atoms with van der Waals surface area (Å²) in [5.74, 6) is -1.24. The van der Waals surface area contributed by atoms with Gasteiger partial charge in [0, 0.05) is 24.7 Å². The van der Waals surface area contributed by atoms with E-state index in [1.165, 1.54) is 30.1 Å². The second-order valence-corrected chi connectivity index (χ2v) is 9.30. The lowest BCUT2D eigenvalue weighted by atomic mass is 9.96. The number of hydrogen-bond acceptors (Lipinski definition) is 4. The summed E-state index contributed by atoms with van der Waals surface area (Å²) in [6.07, 6.45) is -2.49. The number of alkyl halides is 3. The molecular formula is C27H33F3N4O2. The van der Waals surface area contributed by atoms with Gasteiger partial charge in [0.2, 0.25) is 12.1 Å². The van der Waals surface area contributed by atoms with Crippen molar-refractivity contribution in [3.63, 3.8) is 0 Å². The molecule has 9 heteroatoms. The average molecular weight is 503 g/mol. The first-order chi connectivity index (χ1) is 17.0. The van der Waals surface area contributed by atoms with Crippen LogP contribution in [0.4, 0.5) is 18.9 Å². The predicted octanol–water partition coefficient (Wildman–Crippen LogP) is 4.72. The van der Waals surface area contributed by atoms with Crippen molar-refractivity contribution in [2.24, 2.45) is 10.9 Å². The maximum absolute atomic E-state index is 13.9. The van der Waals surface area contributed by atoms with E-state index in [4.69, 9.17) is 0 Å². The van der Waals surface area contributed by atoms with Crippen LogP contribution < -0.4 is 10.2 Å². The van der Waals surface area contributed by atoms with Crippen molar-refractivity contribution in [1.29, 1.82) is 0 Å². The maximum atomic E-state index is 13.9. The molecule has 2 unspecified atom stereocenters. The summed E-state index contributed by atoms with van der Waals surface area (Å²) < 4.78 is 41.7. The minimum Gasteiger partial charge on any atom is -0.326 e. The van der Waals surface area contributed by atoms with E-state index >= 15 is 0 Å². The topological polar surface area (TPSA) is 65.0 Å². The molecule has 6 nitrogen and oxygen atoms in total. The van der Waals surface area contributed by atoms with E-state index in [9.17, 15) is 22.8 Å². The van der Waals surface area contributed by atoms with Crippen molar-refractivity contribution >= 4 is 23.2 Å². The normalized spacial score (nSPS) is 16.9. The highest BCUT2D eigenvalue weighted by molar-refractivity contribution is 6.20. The molecule has 194 valence electrons. The maximum Gasteiger partial charge on any atom is 0.417 e. The van der Waals surface area contributed by atoms with Crippen LogP contribution in [0.5, 0.6) is 0 Å². The van der Waals surface area contributed by atoms with E-state index in [1.807, 2.05) is 19.0 Å². The number of amides is 2. The highest BCUT2D eigenvalue weighted by atomic mass is 19.4. The van der Waals surface area contributed by atoms with E-state index in [0.29, 0.717) is 24.2 Å². The molecule has 0 bridgehead atoms. The minimum absolute atomic E-state index is 0.0108. The Balaban J connectivity index is 2.07. The second-order valence-electron chi connectivity index (χ2n) is 9.30. The average Bonchev–Trinajstić information content (AvgIpc) is 2.93. The lowest BCUT2D eigenvalue weighted by Gasteiger charge is -2.24. The molecule has 2 aromatic rings. The quantitative estimate of drug-likeness (QED) is 0.505. The number of hydrogen-bond donors (Lipinski definition) is 1. The van der Waals surface area contributed by atoms with Crippen LogP contribution in [0.1, 0.15) is 49.3 Å². The lowest BCUT2D eigenvalue weighted by molar-refractivity contribution is -0.137. The van der Waals surface area contributed by atoms with Crippen LogP contribution in [-0.2, 0) is 15.8 Å². The molecule has 1 aliphatic rings. The molecule has 0 aromatic heterocycles. The second kappa shape index (κ2) is 11.7. The van der Waals surface area contributed by atoms with Crippen LogP contribution in [-0.4, -0.2) is 56.3 Å². The number of halogens is 3. The fraction of sp³-hybridized carbons (Fsp3) is 0.444. The fourth-order valence-electron chi connectivity index (χ4n) is 4.41. The Bertz CT molecular complexity index is 1110. The molecule has 0 aliphatic carbocycles. The number of likely N-dealkylation sites (N-methyl/N-ethyl adjacent to an activating group) is 1. The van der Waals surface area contributed by atoms with Crippen LogP contribution in [0.3, 0.4) is 0 Å². The van der Waals surface area contributed by atoms with E-state index in [-0.39, 0.29) is 23.1 Å². The van der Waals surface area contributed by atoms with Crippen molar-refractivity contribution in [2.45, 2.75) is 44.9 Å². The zero-order valence-corrected chi connectivity index (χ0v) is 21.1. The third-order valence-electron chi connectivity index (χ3n) is 6.22. The molecule has 0 fully saturated rings. The van der Waals surface area contributed by atoms with Gasteiger partial charge in [-0.25, -0.2) is 4.99 Å². The van der Waals surface area contributed by atoms with Gasteiger partial charge >= 0.3 is 6.18 Å². The molecule has 1 N–H and O–H groups in total. The third-order valence-corrected chi connectivity index (χ3v) is 6.22. The fourth-order valence-corrected chi connectivity index (χ4v) is 4.41. The van der Waals surface area contributed by atoms with Gasteiger partial charge in [-0.1, -0.05) is 62.6 Å². The Morgan fingerprint density at radius 3 is 2.36 bits per heavy atom. The molecule has 3 rings (SSSR count). The zero-order valence-electron chi connectivity index (χ0n) is 21.1. The van der Waals surface area contributed by atoms with Crippen molar-refractivity contribution in [3.8, 4) is 0 Å². The van der Waals surface area contributed by atoms with Gasteiger partial charge in [-0.15, -0.1) is 0 Å². The Labute approximate surface area is 210 Å². The van der Waals surface area contributed by atoms with E-state index < -0.39 is 23.8 Å². The van der Waals surface area contributed by atoms with Gasteiger partial charge in [0.25, 0.3) is 5.91 Å². The molecule has 1 aliphatic heterocycles. The van der Waals surface area contributed by atoms with Crippen molar-refractivity contribution in [2.75, 3.05) is 32.6 Å². The first kappa shape index (κ1) is 27.4. The number of unbranched alkanes of at least 4 members (excludes halogenated alkanes) is 2. The van der Waals surface area contributed by atoms with E-state index in [0.717, 1.165) is 25.3 Å². The summed E-state index contributed by atoms with van der Waals surface area (Å²) in [6.45, 7) is 2.56. The van der Waals surface area contributed by atoms with Crippen LogP contribution in [0.25, 0.3) is 0 Å². The summed E-state index contributed by atoms with van der Waals surface area (Å²) >= 11 is 0. The standard InChI is InChI=1S/C27H33F3N4O2/c1-5-6-7-12-18(17-33(2)3)25(35)32-24-26(36)34(4)22-16-11-9-14-20(22)23(31-24)19-13-8-10-15-21(19)27(28,29)30/h8-11,13-16,18,24H,5-7,12,17H2,1-4H3,(H,32,35). The number of benzodiazepines with no additional fused rings is 1. The number of nitrogens with zero attached hydrogens (tertiary/aromatic N) is 3. The Hall–Kier alpha value is -3.20. The van der Waals surface area contributed by atoms with Crippen LogP contribution in [0.15, 0.2) is 53.5 Å².